The van der Waals surface area contributed by atoms with Crippen molar-refractivity contribution in [1.29, 1.82) is 0 Å². The van der Waals surface area contributed by atoms with Crippen molar-refractivity contribution in [2.45, 2.75) is 38.8 Å². The molecule has 1 heterocycles. The molecule has 0 aromatic heterocycles. The number of hydrogen-bond donors (Lipinski definition) is 1. The van der Waals surface area contributed by atoms with Crippen molar-refractivity contribution < 1.29 is 0 Å². The van der Waals surface area contributed by atoms with Gasteiger partial charge in [-0.3, -0.25) is 0 Å². The smallest absolute Gasteiger partial charge is 0.0510 e. The number of nitrogens with zero attached hydrogens (tertiary/aromatic N) is 2. The zero-order valence-corrected chi connectivity index (χ0v) is 15.1. The lowest BCUT2D eigenvalue weighted by Crippen LogP contribution is -2.42. The molecule has 4 heteroatoms. The topological polar surface area (TPSA) is 18.5 Å². The van der Waals surface area contributed by atoms with Crippen molar-refractivity contribution in [2.24, 2.45) is 0 Å². The van der Waals surface area contributed by atoms with Gasteiger partial charge in [-0.25, -0.2) is 0 Å². The molecule has 1 aliphatic heterocycles. The largest absolute Gasteiger partial charge is 0.371 e. The average molecular weight is 354 g/mol. The predicted molar refractivity (Wildman–Crippen MR) is 95.1 cm³/mol. The van der Waals surface area contributed by atoms with Crippen LogP contribution < -0.4 is 10.2 Å². The molecular formula is C17H28BrN3. The lowest BCUT2D eigenvalue weighted by molar-refractivity contribution is 0.249. The van der Waals surface area contributed by atoms with E-state index in [0.29, 0.717) is 0 Å². The monoisotopic (exact) mass is 353 g/mol. The second-order valence-electron chi connectivity index (χ2n) is 6.14. The average Bonchev–Trinajstić information content (AvgIpc) is 2.48. The first-order valence-corrected chi connectivity index (χ1v) is 8.81. The molecule has 0 aliphatic carbocycles. The van der Waals surface area contributed by atoms with Gasteiger partial charge in [0.25, 0.3) is 0 Å². The number of hydrogen-bond acceptors (Lipinski definition) is 3. The summed E-state index contributed by atoms with van der Waals surface area (Å²) < 4.78 is 1.22. The zero-order valence-electron chi connectivity index (χ0n) is 13.5. The standard InChI is InChI=1S/C17H28BrN3/c1-4-9-19-13-14-5-6-17(16(18)12-14)21-10-7-15(8-11-21)20(2)3/h5-6,12,15,19H,4,7-11,13H2,1-3H3. The van der Waals surface area contributed by atoms with E-state index in [0.717, 1.165) is 32.2 Å². The molecule has 0 saturated carbocycles. The Hall–Kier alpha value is -0.580. The fraction of sp³-hybridized carbons (Fsp3) is 0.647. The number of halogens is 1. The Morgan fingerprint density at radius 3 is 2.57 bits per heavy atom. The van der Waals surface area contributed by atoms with Gasteiger partial charge in [0.2, 0.25) is 0 Å². The van der Waals surface area contributed by atoms with E-state index in [2.05, 4.69) is 70.3 Å². The quantitative estimate of drug-likeness (QED) is 0.789. The normalized spacial score (nSPS) is 16.7. The summed E-state index contributed by atoms with van der Waals surface area (Å²) in [6.07, 6.45) is 3.68. The Kier molecular flexibility index (Phi) is 6.52. The molecule has 1 fully saturated rings. The summed E-state index contributed by atoms with van der Waals surface area (Å²) in [6, 6.07) is 7.51. The predicted octanol–water partition coefficient (Wildman–Crippen LogP) is 3.48. The minimum absolute atomic E-state index is 0.734. The Balaban J connectivity index is 1.95. The first-order chi connectivity index (χ1) is 10.1. The second-order valence-corrected chi connectivity index (χ2v) is 7.00. The summed E-state index contributed by atoms with van der Waals surface area (Å²) in [5.41, 5.74) is 2.69. The highest BCUT2D eigenvalue weighted by Crippen LogP contribution is 2.30. The van der Waals surface area contributed by atoms with Crippen molar-refractivity contribution in [2.75, 3.05) is 38.6 Å². The molecule has 0 amide bonds. The number of anilines is 1. The van der Waals surface area contributed by atoms with Crippen molar-refractivity contribution in [1.82, 2.24) is 10.2 Å². The molecule has 21 heavy (non-hydrogen) atoms. The number of nitrogens with one attached hydrogen (secondary N) is 1. The van der Waals surface area contributed by atoms with Crippen LogP contribution in [0.1, 0.15) is 31.7 Å². The molecule has 2 rings (SSSR count). The molecule has 0 radical (unpaired) electrons. The highest BCUT2D eigenvalue weighted by atomic mass is 79.9. The summed E-state index contributed by atoms with van der Waals surface area (Å²) in [7, 11) is 4.38. The lowest BCUT2D eigenvalue weighted by atomic mass is 10.0. The van der Waals surface area contributed by atoms with E-state index in [4.69, 9.17) is 0 Å². The van der Waals surface area contributed by atoms with Crippen molar-refractivity contribution in [3.63, 3.8) is 0 Å². The van der Waals surface area contributed by atoms with Crippen LogP contribution in [0.2, 0.25) is 0 Å². The molecular weight excluding hydrogens is 326 g/mol. The highest BCUT2D eigenvalue weighted by molar-refractivity contribution is 9.10. The molecule has 1 N–H and O–H groups in total. The number of piperidine rings is 1. The van der Waals surface area contributed by atoms with Gasteiger partial charge in [-0.1, -0.05) is 13.0 Å². The Morgan fingerprint density at radius 2 is 2.00 bits per heavy atom. The molecule has 1 aromatic carbocycles. The number of rotatable bonds is 6. The molecule has 1 saturated heterocycles. The van der Waals surface area contributed by atoms with Gasteiger partial charge in [-0.05, 0) is 73.5 Å². The molecule has 1 aromatic rings. The van der Waals surface area contributed by atoms with Crippen LogP contribution in [-0.2, 0) is 6.54 Å². The highest BCUT2D eigenvalue weighted by Gasteiger charge is 2.21. The zero-order chi connectivity index (χ0) is 15.2. The van der Waals surface area contributed by atoms with E-state index in [1.54, 1.807) is 0 Å². The number of benzene rings is 1. The molecule has 1 aliphatic rings. The van der Waals surface area contributed by atoms with Crippen molar-refractivity contribution in [3.05, 3.63) is 28.2 Å². The molecule has 0 spiro atoms. The fourth-order valence-corrected chi connectivity index (χ4v) is 3.63. The van der Waals surface area contributed by atoms with Crippen LogP contribution in [0.15, 0.2) is 22.7 Å². The SMILES string of the molecule is CCCNCc1ccc(N2CCC(N(C)C)CC2)c(Br)c1. The maximum absolute atomic E-state index is 3.76. The summed E-state index contributed by atoms with van der Waals surface area (Å²) >= 11 is 3.76. The molecule has 0 unspecified atom stereocenters. The molecule has 118 valence electrons. The van der Waals surface area contributed by atoms with Crippen molar-refractivity contribution >= 4 is 21.6 Å². The van der Waals surface area contributed by atoms with E-state index >= 15 is 0 Å². The fourth-order valence-electron chi connectivity index (χ4n) is 2.95. The van der Waals surface area contributed by atoms with E-state index in [9.17, 15) is 0 Å². The van der Waals surface area contributed by atoms with Crippen LogP contribution >= 0.6 is 15.9 Å². The maximum atomic E-state index is 3.76. The van der Waals surface area contributed by atoms with Crippen LogP contribution in [0.5, 0.6) is 0 Å². The van der Waals surface area contributed by atoms with Crippen molar-refractivity contribution in [3.8, 4) is 0 Å². The Labute approximate surface area is 137 Å². The second kappa shape index (κ2) is 8.16. The maximum Gasteiger partial charge on any atom is 0.0510 e. The van der Waals surface area contributed by atoms with Gasteiger partial charge >= 0.3 is 0 Å². The van der Waals surface area contributed by atoms with E-state index in [1.165, 1.54) is 35.0 Å². The van der Waals surface area contributed by atoms with E-state index in [-0.39, 0.29) is 0 Å². The summed E-state index contributed by atoms with van der Waals surface area (Å²) in [6.45, 7) is 6.53. The molecule has 3 nitrogen and oxygen atoms in total. The summed E-state index contributed by atoms with van der Waals surface area (Å²) in [5.74, 6) is 0. The Morgan fingerprint density at radius 1 is 1.29 bits per heavy atom. The first-order valence-electron chi connectivity index (χ1n) is 8.02. The van der Waals surface area contributed by atoms with Gasteiger partial charge in [0.15, 0.2) is 0 Å². The molecule has 0 bridgehead atoms. The van der Waals surface area contributed by atoms with Crippen LogP contribution in [0, 0.1) is 0 Å². The van der Waals surface area contributed by atoms with E-state index < -0.39 is 0 Å². The van der Waals surface area contributed by atoms with Gasteiger partial charge in [0.1, 0.15) is 0 Å². The Bertz CT molecular complexity index is 440. The molecule has 0 atom stereocenters. The minimum atomic E-state index is 0.734. The van der Waals surface area contributed by atoms with Crippen LogP contribution in [0.25, 0.3) is 0 Å². The van der Waals surface area contributed by atoms with Crippen LogP contribution in [0.4, 0.5) is 5.69 Å². The summed E-state index contributed by atoms with van der Waals surface area (Å²) in [5, 5.41) is 3.46. The van der Waals surface area contributed by atoms with Gasteiger partial charge in [0, 0.05) is 30.1 Å². The minimum Gasteiger partial charge on any atom is -0.371 e. The van der Waals surface area contributed by atoms with Gasteiger partial charge in [-0.2, -0.15) is 0 Å². The van der Waals surface area contributed by atoms with Gasteiger partial charge < -0.3 is 15.1 Å². The lowest BCUT2D eigenvalue weighted by Gasteiger charge is -2.37. The third kappa shape index (κ3) is 4.70. The van der Waals surface area contributed by atoms with Crippen LogP contribution in [-0.4, -0.2) is 44.7 Å². The van der Waals surface area contributed by atoms with E-state index in [1.807, 2.05) is 0 Å². The third-order valence-corrected chi connectivity index (χ3v) is 4.94. The third-order valence-electron chi connectivity index (χ3n) is 4.30. The first kappa shape index (κ1) is 16.8. The van der Waals surface area contributed by atoms with Gasteiger partial charge in [-0.15, -0.1) is 0 Å². The van der Waals surface area contributed by atoms with Crippen LogP contribution in [0.3, 0.4) is 0 Å². The van der Waals surface area contributed by atoms with Gasteiger partial charge in [0.05, 0.1) is 5.69 Å². The summed E-state index contributed by atoms with van der Waals surface area (Å²) in [4.78, 5) is 4.86.